The van der Waals surface area contributed by atoms with Gasteiger partial charge in [-0.25, -0.2) is 4.39 Å². The number of methoxy groups -OCH3 is 1. The summed E-state index contributed by atoms with van der Waals surface area (Å²) in [6.07, 6.45) is 4.68. The minimum Gasteiger partial charge on any atom is -0.455 e. The molecule has 0 atom stereocenters. The van der Waals surface area contributed by atoms with Crippen LogP contribution in [0.4, 0.5) is 4.39 Å². The Hall–Kier alpha value is -1.87. The summed E-state index contributed by atoms with van der Waals surface area (Å²) in [6.45, 7) is 5.39. The molecule has 0 heterocycles. The van der Waals surface area contributed by atoms with E-state index in [0.29, 0.717) is 5.75 Å². The molecule has 0 fully saturated rings. The van der Waals surface area contributed by atoms with E-state index in [1.165, 1.54) is 13.2 Å². The first-order valence-electron chi connectivity index (χ1n) is 5.58. The molecule has 0 unspecified atom stereocenters. The first-order valence-corrected chi connectivity index (χ1v) is 5.58. The molecule has 0 aromatic heterocycles. The van der Waals surface area contributed by atoms with Gasteiger partial charge < -0.3 is 9.47 Å². The summed E-state index contributed by atoms with van der Waals surface area (Å²) in [4.78, 5) is 0. The van der Waals surface area contributed by atoms with Gasteiger partial charge in [-0.15, -0.1) is 0 Å². The molecule has 1 rings (SSSR count). The highest BCUT2D eigenvalue weighted by atomic mass is 19.1. The lowest BCUT2D eigenvalue weighted by Crippen LogP contribution is -2.00. The number of hydrogen-bond donors (Lipinski definition) is 0. The lowest BCUT2D eigenvalue weighted by atomic mass is 10.2. The fraction of sp³-hybridized carbons (Fsp3) is 0.200. The number of ether oxygens (including phenoxy) is 2. The van der Waals surface area contributed by atoms with Crippen LogP contribution in [0.15, 0.2) is 60.7 Å². The summed E-state index contributed by atoms with van der Waals surface area (Å²) < 4.78 is 23.9. The Kier molecular flexibility index (Phi) is 5.88. The topological polar surface area (TPSA) is 18.5 Å². The molecule has 0 bridgehead atoms. The summed E-state index contributed by atoms with van der Waals surface area (Å²) in [6, 6.07) is 7.38. The quantitative estimate of drug-likeness (QED) is 0.560. The Morgan fingerprint density at radius 2 is 2.00 bits per heavy atom. The fourth-order valence-electron chi connectivity index (χ4n) is 1.27. The van der Waals surface area contributed by atoms with Crippen LogP contribution < -0.4 is 4.74 Å². The number of hydrogen-bond acceptors (Lipinski definition) is 2. The zero-order valence-electron chi connectivity index (χ0n) is 10.7. The zero-order chi connectivity index (χ0) is 13.4. The van der Waals surface area contributed by atoms with Crippen molar-refractivity contribution >= 4 is 0 Å². The van der Waals surface area contributed by atoms with Gasteiger partial charge in [0.1, 0.15) is 12.4 Å². The highest BCUT2D eigenvalue weighted by Crippen LogP contribution is 2.18. The van der Waals surface area contributed by atoms with Gasteiger partial charge in [-0.2, -0.15) is 0 Å². The molecule has 96 valence electrons. The van der Waals surface area contributed by atoms with Crippen molar-refractivity contribution in [1.29, 1.82) is 0 Å². The summed E-state index contributed by atoms with van der Waals surface area (Å²) in [5, 5.41) is 0. The Balaban J connectivity index is 2.91. The van der Waals surface area contributed by atoms with Crippen LogP contribution in [0.25, 0.3) is 0 Å². The number of allylic oxidation sites excluding steroid dienone is 3. The van der Waals surface area contributed by atoms with E-state index in [0.717, 1.165) is 5.56 Å². The highest BCUT2D eigenvalue weighted by Gasteiger charge is 2.06. The first-order chi connectivity index (χ1) is 8.67. The molecule has 0 radical (unpaired) electrons. The second kappa shape index (κ2) is 7.45. The van der Waals surface area contributed by atoms with Crippen molar-refractivity contribution in [1.82, 2.24) is 0 Å². The molecule has 0 amide bonds. The normalized spacial score (nSPS) is 12.4. The molecule has 2 nitrogen and oxygen atoms in total. The first kappa shape index (κ1) is 14.2. The fourth-order valence-corrected chi connectivity index (χ4v) is 1.27. The lowest BCUT2D eigenvalue weighted by Gasteiger charge is -2.08. The van der Waals surface area contributed by atoms with E-state index in [1.54, 1.807) is 24.3 Å². The molecule has 0 saturated heterocycles. The largest absolute Gasteiger partial charge is 0.455 e. The van der Waals surface area contributed by atoms with Crippen LogP contribution >= 0.6 is 0 Å². The van der Waals surface area contributed by atoms with Gasteiger partial charge in [0.15, 0.2) is 11.6 Å². The van der Waals surface area contributed by atoms with E-state index in [2.05, 4.69) is 6.58 Å². The smallest absolute Gasteiger partial charge is 0.168 e. The highest BCUT2D eigenvalue weighted by molar-refractivity contribution is 5.31. The number of benzene rings is 1. The van der Waals surface area contributed by atoms with Crippen LogP contribution in [0, 0.1) is 6.92 Å². The van der Waals surface area contributed by atoms with Gasteiger partial charge in [-0.1, -0.05) is 36.4 Å². The molecule has 1 aromatic carbocycles. The predicted molar refractivity (Wildman–Crippen MR) is 71.2 cm³/mol. The van der Waals surface area contributed by atoms with E-state index in [9.17, 15) is 4.39 Å². The Morgan fingerprint density at radius 1 is 1.33 bits per heavy atom. The van der Waals surface area contributed by atoms with E-state index in [1.807, 2.05) is 19.1 Å². The van der Waals surface area contributed by atoms with Crippen molar-refractivity contribution in [2.24, 2.45) is 0 Å². The summed E-state index contributed by atoms with van der Waals surface area (Å²) in [7, 11) is 1.43. The van der Waals surface area contributed by atoms with E-state index < -0.39 is 5.83 Å². The molecular weight excluding hydrogens is 231 g/mol. The predicted octanol–water partition coefficient (Wildman–Crippen LogP) is 3.94. The van der Waals surface area contributed by atoms with Gasteiger partial charge in [-0.05, 0) is 25.1 Å². The average Bonchev–Trinajstić information content (AvgIpc) is 2.37. The van der Waals surface area contributed by atoms with Gasteiger partial charge in [-0.3, -0.25) is 0 Å². The maximum Gasteiger partial charge on any atom is 0.168 e. The van der Waals surface area contributed by atoms with Crippen LogP contribution in [-0.4, -0.2) is 13.7 Å². The molecule has 3 heteroatoms. The Bertz CT molecular complexity index is 444. The third kappa shape index (κ3) is 4.55. The molecule has 0 spiro atoms. The monoisotopic (exact) mass is 248 g/mol. The minimum atomic E-state index is -0.462. The van der Waals surface area contributed by atoms with Crippen LogP contribution in [0.5, 0.6) is 5.75 Å². The molecule has 0 aliphatic carbocycles. The molecule has 0 N–H and O–H groups in total. The Labute approximate surface area is 107 Å². The van der Waals surface area contributed by atoms with Crippen molar-refractivity contribution in [3.8, 4) is 5.75 Å². The van der Waals surface area contributed by atoms with Crippen molar-refractivity contribution < 1.29 is 13.9 Å². The van der Waals surface area contributed by atoms with Crippen molar-refractivity contribution in [2.45, 2.75) is 6.92 Å². The van der Waals surface area contributed by atoms with Crippen LogP contribution in [-0.2, 0) is 4.74 Å². The van der Waals surface area contributed by atoms with Crippen molar-refractivity contribution in [3.05, 3.63) is 66.2 Å². The second-order valence-electron chi connectivity index (χ2n) is 3.71. The van der Waals surface area contributed by atoms with Gasteiger partial charge in [0.05, 0.1) is 0 Å². The molecule has 0 aliphatic rings. The second-order valence-corrected chi connectivity index (χ2v) is 3.71. The van der Waals surface area contributed by atoms with Gasteiger partial charge in [0.25, 0.3) is 0 Å². The molecule has 0 saturated carbocycles. The minimum absolute atomic E-state index is 0.122. The van der Waals surface area contributed by atoms with Gasteiger partial charge >= 0.3 is 0 Å². The Morgan fingerprint density at radius 3 is 2.56 bits per heavy atom. The third-order valence-electron chi connectivity index (χ3n) is 2.17. The zero-order valence-corrected chi connectivity index (χ0v) is 10.7. The van der Waals surface area contributed by atoms with Crippen LogP contribution in [0.1, 0.15) is 5.56 Å². The van der Waals surface area contributed by atoms with E-state index in [-0.39, 0.29) is 12.4 Å². The molecule has 0 aliphatic heterocycles. The maximum absolute atomic E-state index is 13.7. The van der Waals surface area contributed by atoms with Crippen molar-refractivity contribution in [3.63, 3.8) is 0 Å². The third-order valence-corrected chi connectivity index (χ3v) is 2.17. The van der Waals surface area contributed by atoms with Crippen molar-refractivity contribution in [2.75, 3.05) is 13.7 Å². The summed E-state index contributed by atoms with van der Waals surface area (Å²) in [5.74, 6) is 0.243. The summed E-state index contributed by atoms with van der Waals surface area (Å²) in [5.41, 5.74) is 1.12. The molecule has 1 aromatic rings. The van der Waals surface area contributed by atoms with Gasteiger partial charge in [0, 0.05) is 7.11 Å². The van der Waals surface area contributed by atoms with Crippen LogP contribution in [0.3, 0.4) is 0 Å². The van der Waals surface area contributed by atoms with Crippen LogP contribution in [0.2, 0.25) is 0 Å². The lowest BCUT2D eigenvalue weighted by molar-refractivity contribution is 0.199. The number of halogens is 1. The average molecular weight is 248 g/mol. The SMILES string of the molecule is C=C/C=C\C(Oc1ccc(C)cc1)=C(\F)COC. The molecule has 18 heavy (non-hydrogen) atoms. The molecular formula is C15H17FO2. The number of rotatable bonds is 6. The maximum atomic E-state index is 13.7. The van der Waals surface area contributed by atoms with E-state index in [4.69, 9.17) is 9.47 Å². The number of aryl methyl sites for hydroxylation is 1. The standard InChI is InChI=1S/C15H17FO2/c1-4-5-6-15(14(16)11-17-3)18-13-9-7-12(2)8-10-13/h4-10H,1,11H2,2-3H3/b6-5-,15-14-. The van der Waals surface area contributed by atoms with Gasteiger partial charge in [0.2, 0.25) is 0 Å². The summed E-state index contributed by atoms with van der Waals surface area (Å²) >= 11 is 0. The van der Waals surface area contributed by atoms with E-state index >= 15 is 0 Å².